The number of nitrogens with one attached hydrogen (secondary N) is 1. The molecule has 4 heteroatoms. The maximum Gasteiger partial charge on any atom is 0.236 e. The average Bonchev–Trinajstić information content (AvgIpc) is 2.36. The van der Waals surface area contributed by atoms with Gasteiger partial charge in [0, 0.05) is 13.6 Å². The Morgan fingerprint density at radius 1 is 1.53 bits per heavy atom. The first-order chi connectivity index (χ1) is 8.17. The third kappa shape index (κ3) is 4.25. The van der Waals surface area contributed by atoms with Crippen LogP contribution in [0.15, 0.2) is 24.3 Å². The van der Waals surface area contributed by atoms with Gasteiger partial charge in [0.1, 0.15) is 0 Å². The molecule has 0 heterocycles. The van der Waals surface area contributed by atoms with Gasteiger partial charge in [-0.3, -0.25) is 4.79 Å². The Kier molecular flexibility index (Phi) is 5.18. The molecule has 0 fully saturated rings. The van der Waals surface area contributed by atoms with Gasteiger partial charge in [0.25, 0.3) is 0 Å². The van der Waals surface area contributed by atoms with Crippen LogP contribution in [-0.2, 0) is 11.3 Å². The van der Waals surface area contributed by atoms with Gasteiger partial charge in [-0.2, -0.15) is 5.26 Å². The highest BCUT2D eigenvalue weighted by Gasteiger charge is 2.08. The van der Waals surface area contributed by atoms with Crippen LogP contribution in [0.25, 0.3) is 0 Å². The summed E-state index contributed by atoms with van der Waals surface area (Å²) in [6, 6.07) is 9.39. The van der Waals surface area contributed by atoms with Crippen LogP contribution >= 0.6 is 0 Å². The van der Waals surface area contributed by atoms with E-state index in [2.05, 4.69) is 11.4 Å². The number of carbonyl (C=O) groups excluding carboxylic acids is 1. The van der Waals surface area contributed by atoms with E-state index in [1.165, 1.54) is 0 Å². The fourth-order valence-electron chi connectivity index (χ4n) is 1.47. The zero-order chi connectivity index (χ0) is 12.7. The minimum atomic E-state index is 0.0502. The second-order valence-corrected chi connectivity index (χ2v) is 3.84. The number of hydrogen-bond donors (Lipinski definition) is 1. The highest BCUT2D eigenvalue weighted by molar-refractivity contribution is 5.77. The molecule has 0 aromatic heterocycles. The Hall–Kier alpha value is -1.86. The Balaban J connectivity index is 2.58. The SMILES string of the molecule is CCNCC(=O)N(C)Cc1cccc(C#N)c1. The molecule has 0 unspecified atom stereocenters. The molecule has 1 aromatic carbocycles. The summed E-state index contributed by atoms with van der Waals surface area (Å²) in [5.41, 5.74) is 1.59. The van der Waals surface area contributed by atoms with Crippen LogP contribution < -0.4 is 5.32 Å². The average molecular weight is 231 g/mol. The molecule has 4 nitrogen and oxygen atoms in total. The van der Waals surface area contributed by atoms with E-state index in [0.717, 1.165) is 12.1 Å². The van der Waals surface area contributed by atoms with Crippen molar-refractivity contribution in [3.05, 3.63) is 35.4 Å². The monoisotopic (exact) mass is 231 g/mol. The topological polar surface area (TPSA) is 56.1 Å². The van der Waals surface area contributed by atoms with E-state index in [0.29, 0.717) is 18.7 Å². The largest absolute Gasteiger partial charge is 0.340 e. The summed E-state index contributed by atoms with van der Waals surface area (Å²) in [5, 5.41) is 11.8. The second kappa shape index (κ2) is 6.66. The summed E-state index contributed by atoms with van der Waals surface area (Å²) in [6.45, 7) is 3.62. The Labute approximate surface area is 102 Å². The number of rotatable bonds is 5. The molecular weight excluding hydrogens is 214 g/mol. The first-order valence-electron chi connectivity index (χ1n) is 5.61. The molecule has 0 radical (unpaired) electrons. The van der Waals surface area contributed by atoms with Crippen LogP contribution in [0, 0.1) is 11.3 Å². The van der Waals surface area contributed by atoms with Crippen LogP contribution in [0.5, 0.6) is 0 Å². The molecule has 0 aliphatic rings. The fourth-order valence-corrected chi connectivity index (χ4v) is 1.47. The lowest BCUT2D eigenvalue weighted by Gasteiger charge is -2.17. The molecule has 0 bridgehead atoms. The number of amides is 1. The van der Waals surface area contributed by atoms with Crippen LogP contribution in [-0.4, -0.2) is 30.9 Å². The van der Waals surface area contributed by atoms with E-state index in [4.69, 9.17) is 5.26 Å². The Bertz CT molecular complexity index is 423. The van der Waals surface area contributed by atoms with Crippen molar-refractivity contribution in [3.8, 4) is 6.07 Å². The molecule has 0 aliphatic carbocycles. The minimum Gasteiger partial charge on any atom is -0.340 e. The standard InChI is InChI=1S/C13H17N3O/c1-3-15-9-13(17)16(2)10-12-6-4-5-11(7-12)8-14/h4-7,15H,3,9-10H2,1-2H3. The summed E-state index contributed by atoms with van der Waals surface area (Å²) in [6.07, 6.45) is 0. The number of hydrogen-bond acceptors (Lipinski definition) is 3. The second-order valence-electron chi connectivity index (χ2n) is 3.84. The minimum absolute atomic E-state index is 0.0502. The summed E-state index contributed by atoms with van der Waals surface area (Å²) in [7, 11) is 1.76. The highest BCUT2D eigenvalue weighted by Crippen LogP contribution is 2.06. The predicted molar refractivity (Wildman–Crippen MR) is 66.2 cm³/mol. The van der Waals surface area contributed by atoms with Crippen molar-refractivity contribution in [3.63, 3.8) is 0 Å². The zero-order valence-electron chi connectivity index (χ0n) is 10.2. The zero-order valence-corrected chi connectivity index (χ0v) is 10.2. The van der Waals surface area contributed by atoms with Gasteiger partial charge in [0.2, 0.25) is 5.91 Å². The van der Waals surface area contributed by atoms with Gasteiger partial charge < -0.3 is 10.2 Å². The summed E-state index contributed by atoms with van der Waals surface area (Å²) < 4.78 is 0. The van der Waals surface area contributed by atoms with Crippen molar-refractivity contribution < 1.29 is 4.79 Å². The van der Waals surface area contributed by atoms with E-state index >= 15 is 0 Å². The van der Waals surface area contributed by atoms with Crippen molar-refractivity contribution in [2.75, 3.05) is 20.1 Å². The molecule has 0 saturated carbocycles. The Morgan fingerprint density at radius 3 is 2.94 bits per heavy atom. The van der Waals surface area contributed by atoms with Gasteiger partial charge in [-0.15, -0.1) is 0 Å². The van der Waals surface area contributed by atoms with Gasteiger partial charge in [-0.1, -0.05) is 19.1 Å². The third-order valence-corrected chi connectivity index (χ3v) is 2.43. The van der Waals surface area contributed by atoms with E-state index in [-0.39, 0.29) is 5.91 Å². The van der Waals surface area contributed by atoms with Gasteiger partial charge in [-0.25, -0.2) is 0 Å². The highest BCUT2D eigenvalue weighted by atomic mass is 16.2. The van der Waals surface area contributed by atoms with Crippen LogP contribution in [0.1, 0.15) is 18.1 Å². The number of benzene rings is 1. The predicted octanol–water partition coefficient (Wildman–Crippen LogP) is 1.13. The van der Waals surface area contributed by atoms with Crippen molar-refractivity contribution in [1.29, 1.82) is 5.26 Å². The molecule has 0 aliphatic heterocycles. The quantitative estimate of drug-likeness (QED) is 0.826. The maximum absolute atomic E-state index is 11.7. The summed E-state index contributed by atoms with van der Waals surface area (Å²) in [4.78, 5) is 13.3. The van der Waals surface area contributed by atoms with E-state index < -0.39 is 0 Å². The lowest BCUT2D eigenvalue weighted by molar-refractivity contribution is -0.129. The van der Waals surface area contributed by atoms with Crippen molar-refractivity contribution in [2.24, 2.45) is 0 Å². The molecule has 1 amide bonds. The molecule has 1 aromatic rings. The molecule has 0 atom stereocenters. The lowest BCUT2D eigenvalue weighted by Crippen LogP contribution is -2.35. The molecule has 0 spiro atoms. The van der Waals surface area contributed by atoms with E-state index in [1.807, 2.05) is 19.1 Å². The number of nitriles is 1. The van der Waals surface area contributed by atoms with Crippen LogP contribution in [0.3, 0.4) is 0 Å². The van der Waals surface area contributed by atoms with E-state index in [1.54, 1.807) is 24.1 Å². The van der Waals surface area contributed by atoms with Crippen LogP contribution in [0.2, 0.25) is 0 Å². The fraction of sp³-hybridized carbons (Fsp3) is 0.385. The van der Waals surface area contributed by atoms with Gasteiger partial charge in [-0.05, 0) is 24.2 Å². The van der Waals surface area contributed by atoms with Crippen molar-refractivity contribution in [2.45, 2.75) is 13.5 Å². The first kappa shape index (κ1) is 13.2. The summed E-state index contributed by atoms with van der Waals surface area (Å²) >= 11 is 0. The summed E-state index contributed by atoms with van der Waals surface area (Å²) in [5.74, 6) is 0.0502. The molecule has 1 N–H and O–H groups in total. The van der Waals surface area contributed by atoms with Crippen molar-refractivity contribution in [1.82, 2.24) is 10.2 Å². The molecule has 0 saturated heterocycles. The number of nitrogens with zero attached hydrogens (tertiary/aromatic N) is 2. The maximum atomic E-state index is 11.7. The number of likely N-dealkylation sites (N-methyl/N-ethyl adjacent to an activating group) is 2. The van der Waals surface area contributed by atoms with Gasteiger partial charge in [0.05, 0.1) is 18.2 Å². The molecule has 90 valence electrons. The number of carbonyl (C=O) groups is 1. The third-order valence-electron chi connectivity index (χ3n) is 2.43. The Morgan fingerprint density at radius 2 is 2.29 bits per heavy atom. The normalized spacial score (nSPS) is 9.71. The van der Waals surface area contributed by atoms with Gasteiger partial charge >= 0.3 is 0 Å². The molecule has 17 heavy (non-hydrogen) atoms. The molecule has 1 rings (SSSR count). The smallest absolute Gasteiger partial charge is 0.236 e. The van der Waals surface area contributed by atoms with E-state index in [9.17, 15) is 4.79 Å². The molecular formula is C13H17N3O. The first-order valence-corrected chi connectivity index (χ1v) is 5.61. The van der Waals surface area contributed by atoms with Gasteiger partial charge in [0.15, 0.2) is 0 Å². The lowest BCUT2D eigenvalue weighted by atomic mass is 10.1. The van der Waals surface area contributed by atoms with Crippen molar-refractivity contribution >= 4 is 5.91 Å². The van der Waals surface area contributed by atoms with Crippen LogP contribution in [0.4, 0.5) is 0 Å².